The lowest BCUT2D eigenvalue weighted by Crippen LogP contribution is -2.44. The molecule has 2 N–H and O–H groups in total. The Balaban J connectivity index is 1.54. The summed E-state index contributed by atoms with van der Waals surface area (Å²) < 4.78 is 12.4. The summed E-state index contributed by atoms with van der Waals surface area (Å²) in [5.41, 5.74) is 1.19. The Morgan fingerprint density at radius 2 is 2.00 bits per heavy atom. The van der Waals surface area contributed by atoms with Crippen molar-refractivity contribution in [1.82, 2.24) is 20.0 Å². The first-order chi connectivity index (χ1) is 17.9. The van der Waals surface area contributed by atoms with E-state index in [-0.39, 0.29) is 30.3 Å². The summed E-state index contributed by atoms with van der Waals surface area (Å²) in [5.74, 6) is 0.760. The van der Waals surface area contributed by atoms with E-state index in [9.17, 15) is 9.59 Å². The summed E-state index contributed by atoms with van der Waals surface area (Å²) >= 11 is 6.29. The van der Waals surface area contributed by atoms with Gasteiger partial charge in [-0.3, -0.25) is 9.59 Å². The fourth-order valence-electron chi connectivity index (χ4n) is 3.99. The third kappa shape index (κ3) is 6.47. The van der Waals surface area contributed by atoms with Crippen molar-refractivity contribution in [3.05, 3.63) is 75.0 Å². The molecule has 1 aliphatic carbocycles. The Morgan fingerprint density at radius 3 is 2.73 bits per heavy atom. The first-order valence-electron chi connectivity index (χ1n) is 12.5. The first kappa shape index (κ1) is 26.6. The van der Waals surface area contributed by atoms with E-state index in [0.717, 1.165) is 6.42 Å². The Morgan fingerprint density at radius 1 is 1.27 bits per heavy atom. The van der Waals surface area contributed by atoms with E-state index in [2.05, 4.69) is 24.3 Å². The van der Waals surface area contributed by atoms with Gasteiger partial charge in [-0.25, -0.2) is 4.68 Å². The molecule has 9 nitrogen and oxygen atoms in total. The van der Waals surface area contributed by atoms with Gasteiger partial charge in [0.15, 0.2) is 0 Å². The molecule has 0 bridgehead atoms. The maximum absolute atomic E-state index is 13.1. The van der Waals surface area contributed by atoms with Gasteiger partial charge in [-0.1, -0.05) is 50.1 Å². The van der Waals surface area contributed by atoms with Gasteiger partial charge in [-0.2, -0.15) is 5.10 Å². The Hall–Kier alpha value is -3.43. The molecule has 1 atom stereocenters. The molecule has 10 heteroatoms. The largest absolute Gasteiger partial charge is 0.492 e. The molecule has 196 valence electrons. The van der Waals surface area contributed by atoms with Gasteiger partial charge < -0.3 is 25.1 Å². The smallest absolute Gasteiger partial charge is 0.275 e. The van der Waals surface area contributed by atoms with E-state index in [1.54, 1.807) is 35.4 Å². The molecule has 1 aromatic carbocycles. The van der Waals surface area contributed by atoms with Crippen LogP contribution in [0.25, 0.3) is 10.8 Å². The predicted octanol–water partition coefficient (Wildman–Crippen LogP) is 3.33. The van der Waals surface area contributed by atoms with Crippen LogP contribution in [-0.2, 0) is 27.4 Å². The van der Waals surface area contributed by atoms with Crippen LogP contribution in [0.2, 0.25) is 0 Å². The van der Waals surface area contributed by atoms with Crippen LogP contribution in [0.15, 0.2) is 63.8 Å². The fourth-order valence-corrected chi connectivity index (χ4v) is 4.21. The first-order valence-corrected chi connectivity index (χ1v) is 12.8. The van der Waals surface area contributed by atoms with Gasteiger partial charge in [0, 0.05) is 30.2 Å². The zero-order valence-corrected chi connectivity index (χ0v) is 21.9. The summed E-state index contributed by atoms with van der Waals surface area (Å²) in [7, 11) is 0. The van der Waals surface area contributed by atoms with E-state index < -0.39 is 0 Å². The monoisotopic (exact) mass is 525 g/mol. The van der Waals surface area contributed by atoms with Crippen molar-refractivity contribution in [1.29, 1.82) is 5.41 Å². The van der Waals surface area contributed by atoms with Gasteiger partial charge in [-0.15, -0.1) is 0 Å². The lowest BCUT2D eigenvalue weighted by molar-refractivity contribution is -0.136. The third-order valence-corrected chi connectivity index (χ3v) is 6.74. The predicted molar refractivity (Wildman–Crippen MR) is 143 cm³/mol. The van der Waals surface area contributed by atoms with Gasteiger partial charge in [0.1, 0.15) is 12.3 Å². The van der Waals surface area contributed by atoms with Gasteiger partial charge in [-0.05, 0) is 24.1 Å². The number of nitrogens with zero attached hydrogens (tertiary/aromatic N) is 3. The second-order valence-corrected chi connectivity index (χ2v) is 9.57. The molecule has 0 radical (unpaired) electrons. The quantitative estimate of drug-likeness (QED) is 0.519. The third-order valence-electron chi connectivity index (χ3n) is 6.44. The molecule has 2 heterocycles. The van der Waals surface area contributed by atoms with Crippen molar-refractivity contribution in [2.24, 2.45) is 5.92 Å². The SMILES string of the molecule is CCC(C)COC1=C/C(=C/NCc2nn(CC(=O)N3CCOCC3)c(=O)c3ccccc23)C(=N)C=C1Cl. The fraction of sp³-hybridized carbons (Fsp3) is 0.407. The molecule has 0 spiro atoms. The second-order valence-electron chi connectivity index (χ2n) is 9.17. The number of hydrogen-bond donors (Lipinski definition) is 2. The number of rotatable bonds is 9. The molecule has 1 fully saturated rings. The van der Waals surface area contributed by atoms with E-state index in [0.29, 0.717) is 71.7 Å². The summed E-state index contributed by atoms with van der Waals surface area (Å²) in [5, 5.41) is 17.6. The Kier molecular flexibility index (Phi) is 8.78. The molecule has 0 saturated carbocycles. The number of morpholine rings is 1. The Bertz CT molecular complexity index is 1320. The molecule has 37 heavy (non-hydrogen) atoms. The van der Waals surface area contributed by atoms with E-state index in [1.165, 1.54) is 4.68 Å². The minimum Gasteiger partial charge on any atom is -0.492 e. The molecule has 1 saturated heterocycles. The van der Waals surface area contributed by atoms with Crippen LogP contribution in [-0.4, -0.2) is 59.2 Å². The number of fused-ring (bicyclic) bond motifs is 1. The molecule has 1 aliphatic heterocycles. The molecular formula is C27H32ClN5O4. The summed E-state index contributed by atoms with van der Waals surface area (Å²) in [6, 6.07) is 7.22. The summed E-state index contributed by atoms with van der Waals surface area (Å²) in [6.45, 7) is 6.89. The van der Waals surface area contributed by atoms with Crippen LogP contribution >= 0.6 is 11.6 Å². The maximum atomic E-state index is 13.1. The molecule has 1 amide bonds. The number of hydrogen-bond acceptors (Lipinski definition) is 7. The van der Waals surface area contributed by atoms with Gasteiger partial charge in [0.2, 0.25) is 5.91 Å². The highest BCUT2D eigenvalue weighted by atomic mass is 35.5. The minimum absolute atomic E-state index is 0.134. The number of benzene rings is 1. The van der Waals surface area contributed by atoms with Crippen molar-refractivity contribution in [3.63, 3.8) is 0 Å². The number of ether oxygens (including phenoxy) is 2. The summed E-state index contributed by atoms with van der Waals surface area (Å²) in [4.78, 5) is 27.5. The number of aromatic nitrogens is 2. The molecular weight excluding hydrogens is 494 g/mol. The molecule has 4 rings (SSSR count). The van der Waals surface area contributed by atoms with Crippen molar-refractivity contribution in [2.45, 2.75) is 33.4 Å². The van der Waals surface area contributed by atoms with E-state index in [1.807, 2.05) is 12.1 Å². The normalized spacial score (nSPS) is 18.0. The molecule has 2 aromatic rings. The van der Waals surface area contributed by atoms with Crippen molar-refractivity contribution in [2.75, 3.05) is 32.9 Å². The number of nitrogens with one attached hydrogen (secondary N) is 2. The zero-order valence-electron chi connectivity index (χ0n) is 21.1. The Labute approximate surface area is 220 Å². The van der Waals surface area contributed by atoms with Crippen LogP contribution in [0.1, 0.15) is 26.0 Å². The van der Waals surface area contributed by atoms with E-state index >= 15 is 0 Å². The topological polar surface area (TPSA) is 110 Å². The molecule has 1 unspecified atom stereocenters. The minimum atomic E-state index is -0.306. The van der Waals surface area contributed by atoms with Crippen LogP contribution in [0.5, 0.6) is 0 Å². The van der Waals surface area contributed by atoms with Gasteiger partial charge >= 0.3 is 0 Å². The van der Waals surface area contributed by atoms with Crippen molar-refractivity contribution >= 4 is 34.0 Å². The lowest BCUT2D eigenvalue weighted by Gasteiger charge is -2.27. The van der Waals surface area contributed by atoms with Crippen LogP contribution in [0, 0.1) is 11.3 Å². The number of carbonyl (C=O) groups excluding carboxylic acids is 1. The highest BCUT2D eigenvalue weighted by Gasteiger charge is 2.20. The lowest BCUT2D eigenvalue weighted by atomic mass is 10.1. The standard InChI is InChI=1S/C27H32ClN5O4/c1-3-18(2)17-37-25-12-19(23(29)13-22(25)28)14-30-15-24-20-6-4-5-7-21(20)27(35)33(31-24)16-26(34)32-8-10-36-11-9-32/h4-7,12-14,18,29-30H,3,8-11,15-17H2,1-2H3/b19-14-,29-23?. The molecule has 1 aromatic heterocycles. The van der Waals surface area contributed by atoms with Crippen LogP contribution in [0.4, 0.5) is 0 Å². The maximum Gasteiger partial charge on any atom is 0.275 e. The summed E-state index contributed by atoms with van der Waals surface area (Å²) in [6.07, 6.45) is 6.01. The van der Waals surface area contributed by atoms with Crippen molar-refractivity contribution < 1.29 is 14.3 Å². The second kappa shape index (κ2) is 12.2. The number of amides is 1. The van der Waals surface area contributed by atoms with E-state index in [4.69, 9.17) is 26.5 Å². The van der Waals surface area contributed by atoms with Crippen LogP contribution in [0.3, 0.4) is 0 Å². The van der Waals surface area contributed by atoms with Gasteiger partial charge in [0.25, 0.3) is 5.56 Å². The van der Waals surface area contributed by atoms with Crippen molar-refractivity contribution in [3.8, 4) is 0 Å². The average Bonchev–Trinajstić information content (AvgIpc) is 2.91. The number of carbonyl (C=O) groups is 1. The average molecular weight is 526 g/mol. The highest BCUT2D eigenvalue weighted by Crippen LogP contribution is 2.25. The highest BCUT2D eigenvalue weighted by molar-refractivity contribution is 6.35. The van der Waals surface area contributed by atoms with Crippen LogP contribution < -0.4 is 10.9 Å². The molecule has 2 aliphatic rings. The number of allylic oxidation sites excluding steroid dienone is 4. The van der Waals surface area contributed by atoms with Gasteiger partial charge in [0.05, 0.1) is 48.2 Å². The zero-order chi connectivity index (χ0) is 26.4. The number of halogens is 1.